The Bertz CT molecular complexity index is 1790. The van der Waals surface area contributed by atoms with E-state index in [-0.39, 0.29) is 37.0 Å². The first-order chi connectivity index (χ1) is 23.4. The molecule has 0 aliphatic rings. The zero-order chi connectivity index (χ0) is 35.6. The molecular formula is C42H42F6HfSi-2. The molecule has 6 aromatic carbocycles. The third kappa shape index (κ3) is 10.4. The number of hydrogen-bond donors (Lipinski definition) is 0. The Morgan fingerprint density at radius 3 is 1.20 bits per heavy atom. The minimum atomic E-state index is -4.35. The molecule has 2 radical (unpaired) electrons. The summed E-state index contributed by atoms with van der Waals surface area (Å²) in [6.45, 7) is 8.57. The number of unbranched alkanes of at least 4 members (excludes halogenated alkanes) is 2. The van der Waals surface area contributed by atoms with Crippen molar-refractivity contribution in [2.45, 2.75) is 77.8 Å². The van der Waals surface area contributed by atoms with Crippen molar-refractivity contribution >= 4 is 31.1 Å². The summed E-state index contributed by atoms with van der Waals surface area (Å²) in [5.74, 6) is 0. The van der Waals surface area contributed by atoms with Crippen LogP contribution in [0.5, 0.6) is 0 Å². The molecule has 6 rings (SSSR count). The summed E-state index contributed by atoms with van der Waals surface area (Å²) in [6, 6.07) is 31.0. The Hall–Kier alpha value is -3.23. The first-order valence-corrected chi connectivity index (χ1v) is 18.7. The summed E-state index contributed by atoms with van der Waals surface area (Å²) in [4.78, 5) is 0. The molecule has 0 heterocycles. The van der Waals surface area contributed by atoms with Gasteiger partial charge in [0.1, 0.15) is 0 Å². The molecule has 0 amide bonds. The van der Waals surface area contributed by atoms with Gasteiger partial charge in [0, 0.05) is 35.4 Å². The summed E-state index contributed by atoms with van der Waals surface area (Å²) in [5.41, 5.74) is 3.03. The van der Waals surface area contributed by atoms with E-state index in [4.69, 9.17) is 0 Å². The van der Waals surface area contributed by atoms with Gasteiger partial charge in [0.25, 0.3) is 0 Å². The van der Waals surface area contributed by atoms with Crippen LogP contribution in [0.25, 0.3) is 43.8 Å². The zero-order valence-corrected chi connectivity index (χ0v) is 33.5. The Labute approximate surface area is 313 Å². The van der Waals surface area contributed by atoms with Gasteiger partial charge in [-0.1, -0.05) is 112 Å². The summed E-state index contributed by atoms with van der Waals surface area (Å²) < 4.78 is 79.8. The van der Waals surface area contributed by atoms with Gasteiger partial charge in [-0.05, 0) is 36.1 Å². The molecule has 0 fully saturated rings. The van der Waals surface area contributed by atoms with Crippen LogP contribution in [0.1, 0.15) is 61.8 Å². The van der Waals surface area contributed by atoms with Crippen LogP contribution >= 0.6 is 0 Å². The molecule has 0 saturated heterocycles. The van der Waals surface area contributed by atoms with E-state index in [1.807, 2.05) is 36.4 Å². The molecule has 0 nitrogen and oxygen atoms in total. The van der Waals surface area contributed by atoms with Gasteiger partial charge in [-0.3, -0.25) is 0 Å². The third-order valence-electron chi connectivity index (χ3n) is 8.30. The van der Waals surface area contributed by atoms with Crippen LogP contribution in [0.15, 0.2) is 109 Å². The first-order valence-electron chi connectivity index (χ1n) is 16.7. The Kier molecular flexibility index (Phi) is 15.5. The van der Waals surface area contributed by atoms with Crippen molar-refractivity contribution in [3.05, 3.63) is 131 Å². The molecule has 8 heteroatoms. The predicted molar refractivity (Wildman–Crippen MR) is 195 cm³/mol. The number of aryl methyl sites for hydroxylation is 2. The molecule has 0 aliphatic heterocycles. The number of fused-ring (bicyclic) bond motifs is 2. The summed E-state index contributed by atoms with van der Waals surface area (Å²) in [6.07, 6.45) is -2.39. The van der Waals surface area contributed by atoms with Gasteiger partial charge >= 0.3 is 12.4 Å². The normalized spacial score (nSPS) is 11.4. The van der Waals surface area contributed by atoms with Crippen molar-refractivity contribution in [1.82, 2.24) is 0 Å². The molecule has 0 bridgehead atoms. The molecule has 0 saturated carbocycles. The van der Waals surface area contributed by atoms with Crippen LogP contribution in [0, 0.1) is 0 Å². The van der Waals surface area contributed by atoms with Crippen LogP contribution in [-0.2, 0) is 51.0 Å². The fraction of sp³-hybridized carbons (Fsp3) is 0.286. The topological polar surface area (TPSA) is 0 Å². The molecule has 262 valence electrons. The van der Waals surface area contributed by atoms with Crippen molar-refractivity contribution in [3.63, 3.8) is 0 Å². The van der Waals surface area contributed by atoms with Gasteiger partial charge in [0.05, 0.1) is 11.1 Å². The molecular weight excluding hydrogens is 825 g/mol. The van der Waals surface area contributed by atoms with Crippen LogP contribution in [0.4, 0.5) is 26.3 Å². The van der Waals surface area contributed by atoms with Crippen molar-refractivity contribution in [2.24, 2.45) is 0 Å². The quantitative estimate of drug-likeness (QED) is 0.0812. The minimum absolute atomic E-state index is 0. The van der Waals surface area contributed by atoms with E-state index in [1.165, 1.54) is 23.3 Å². The first kappa shape index (κ1) is 41.2. The Balaban J connectivity index is 0.000000246. The summed E-state index contributed by atoms with van der Waals surface area (Å²) >= 11 is 0. The SMILES string of the molecule is CCCCc1cc2c(-c3ccccc3C(F)(F)F)cccc2[cH-]1.CCCCc1cc2c(-c3ccccc3C(F)(F)F)cccc2[cH-]1.C[Si]C.[Hf]. The van der Waals surface area contributed by atoms with Gasteiger partial charge in [0.15, 0.2) is 0 Å². The monoisotopic (exact) mass is 868 g/mol. The fourth-order valence-electron chi connectivity index (χ4n) is 6.04. The van der Waals surface area contributed by atoms with Crippen LogP contribution < -0.4 is 0 Å². The molecule has 0 aromatic heterocycles. The van der Waals surface area contributed by atoms with Crippen molar-refractivity contribution in [2.75, 3.05) is 0 Å². The van der Waals surface area contributed by atoms with Crippen molar-refractivity contribution in [1.29, 1.82) is 0 Å². The number of hydrogen-bond acceptors (Lipinski definition) is 0. The third-order valence-corrected chi connectivity index (χ3v) is 8.30. The van der Waals surface area contributed by atoms with Gasteiger partial charge in [-0.2, -0.15) is 38.5 Å². The van der Waals surface area contributed by atoms with E-state index in [9.17, 15) is 26.3 Å². The Morgan fingerprint density at radius 2 is 0.860 bits per heavy atom. The molecule has 6 aromatic rings. The van der Waals surface area contributed by atoms with Gasteiger partial charge < -0.3 is 0 Å². The van der Waals surface area contributed by atoms with Crippen LogP contribution in [0.2, 0.25) is 13.1 Å². The van der Waals surface area contributed by atoms with Crippen LogP contribution in [0.3, 0.4) is 0 Å². The fourth-order valence-corrected chi connectivity index (χ4v) is 6.04. The van der Waals surface area contributed by atoms with Crippen LogP contribution in [-0.4, -0.2) is 9.52 Å². The molecule has 0 unspecified atom stereocenters. The van der Waals surface area contributed by atoms with E-state index in [2.05, 4.69) is 39.1 Å². The zero-order valence-electron chi connectivity index (χ0n) is 28.9. The van der Waals surface area contributed by atoms with E-state index in [1.54, 1.807) is 36.4 Å². The number of benzene rings is 4. The molecule has 0 N–H and O–H groups in total. The summed E-state index contributed by atoms with van der Waals surface area (Å²) in [5, 5.41) is 3.81. The second kappa shape index (κ2) is 18.8. The molecule has 0 aliphatic carbocycles. The van der Waals surface area contributed by atoms with E-state index < -0.39 is 23.5 Å². The molecule has 0 spiro atoms. The van der Waals surface area contributed by atoms with Crippen molar-refractivity contribution in [3.8, 4) is 22.3 Å². The van der Waals surface area contributed by atoms with E-state index in [0.717, 1.165) is 81.7 Å². The summed E-state index contributed by atoms with van der Waals surface area (Å²) in [7, 11) is 1.08. The second-order valence-corrected chi connectivity index (χ2v) is 13.1. The average molecular weight is 867 g/mol. The Morgan fingerprint density at radius 1 is 0.520 bits per heavy atom. The molecule has 50 heavy (non-hydrogen) atoms. The van der Waals surface area contributed by atoms with E-state index >= 15 is 0 Å². The maximum absolute atomic E-state index is 13.3. The predicted octanol–water partition coefficient (Wildman–Crippen LogP) is 14.0. The maximum atomic E-state index is 13.3. The smallest absolute Gasteiger partial charge is 0.166 e. The second-order valence-electron chi connectivity index (χ2n) is 12.1. The average Bonchev–Trinajstić information content (AvgIpc) is 3.70. The van der Waals surface area contributed by atoms with Gasteiger partial charge in [-0.25, -0.2) is 0 Å². The maximum Gasteiger partial charge on any atom is 0.416 e. The number of alkyl halides is 6. The largest absolute Gasteiger partial charge is 0.416 e. The number of halogens is 6. The van der Waals surface area contributed by atoms with Gasteiger partial charge in [0.2, 0.25) is 0 Å². The van der Waals surface area contributed by atoms with Crippen molar-refractivity contribution < 1.29 is 52.2 Å². The molecule has 0 atom stereocenters. The van der Waals surface area contributed by atoms with Gasteiger partial charge in [-0.15, -0.1) is 69.1 Å². The van der Waals surface area contributed by atoms with E-state index in [0.29, 0.717) is 11.1 Å². The number of rotatable bonds is 8. The standard InChI is InChI=1S/2C20H18F3.C2H6Si.Hf/c2*1-2-3-7-14-12-15-8-6-10-16(18(15)13-14)17-9-4-5-11-19(17)20(21,22)23;1-3-2;/h2*4-6,8-13H,2-3,7H2,1H3;1-2H3;/q2*-1;;. The minimum Gasteiger partial charge on any atom is -0.166 e.